The Morgan fingerprint density at radius 1 is 0.974 bits per heavy atom. The third-order valence-electron chi connectivity index (χ3n) is 6.06. The van der Waals surface area contributed by atoms with Crippen LogP contribution < -0.4 is 4.80 Å². The number of ether oxygens (including phenoxy) is 1. The van der Waals surface area contributed by atoms with Crippen molar-refractivity contribution in [1.82, 2.24) is 8.87 Å². The molecule has 1 heterocycles. The predicted molar refractivity (Wildman–Crippen MR) is 150 cm³/mol. The highest BCUT2D eigenvalue weighted by molar-refractivity contribution is 7.90. The van der Waals surface area contributed by atoms with E-state index in [1.807, 2.05) is 18.4 Å². The summed E-state index contributed by atoms with van der Waals surface area (Å²) in [6.45, 7) is 5.76. The van der Waals surface area contributed by atoms with E-state index in [0.29, 0.717) is 35.7 Å². The van der Waals surface area contributed by atoms with Crippen molar-refractivity contribution in [2.75, 3.05) is 33.1 Å². The molecule has 208 valence electrons. The smallest absolute Gasteiger partial charge is 0.279 e. The number of hydrogen-bond donors (Lipinski definition) is 0. The summed E-state index contributed by atoms with van der Waals surface area (Å²) < 4.78 is 59.6. The lowest BCUT2D eigenvalue weighted by Crippen LogP contribution is -2.33. The van der Waals surface area contributed by atoms with Crippen molar-refractivity contribution < 1.29 is 26.4 Å². The molecular weight excluding hydrogens is 547 g/mol. The molecule has 0 unspecified atom stereocenters. The van der Waals surface area contributed by atoms with Gasteiger partial charge in [-0.25, -0.2) is 16.8 Å². The van der Waals surface area contributed by atoms with E-state index < -0.39 is 25.8 Å². The van der Waals surface area contributed by atoms with E-state index in [4.69, 9.17) is 4.74 Å². The van der Waals surface area contributed by atoms with E-state index in [1.165, 1.54) is 46.0 Å². The average molecular weight is 582 g/mol. The summed E-state index contributed by atoms with van der Waals surface area (Å²) in [5.41, 5.74) is 0.997. The molecule has 3 aromatic rings. The van der Waals surface area contributed by atoms with Crippen molar-refractivity contribution in [3.05, 3.63) is 52.8 Å². The maximum absolute atomic E-state index is 13.2. The molecule has 0 bridgehead atoms. The fourth-order valence-electron chi connectivity index (χ4n) is 3.86. The number of amides is 1. The number of benzene rings is 2. The molecule has 0 aliphatic heterocycles. The number of unbranched alkanes of at least 4 members (excludes halogenated alkanes) is 2. The maximum Gasteiger partial charge on any atom is 0.279 e. The third kappa shape index (κ3) is 7.17. The molecule has 1 aromatic heterocycles. The molecule has 0 N–H and O–H groups in total. The van der Waals surface area contributed by atoms with Gasteiger partial charge < -0.3 is 9.30 Å². The summed E-state index contributed by atoms with van der Waals surface area (Å²) in [7, 11) is -5.49. The Morgan fingerprint density at radius 2 is 1.58 bits per heavy atom. The number of carbonyl (C=O) groups is 1. The Morgan fingerprint density at radius 3 is 2.13 bits per heavy atom. The van der Waals surface area contributed by atoms with E-state index in [2.05, 4.69) is 4.99 Å². The Kier molecular flexibility index (Phi) is 10.4. The minimum atomic E-state index is -3.67. The second-order valence-corrected chi connectivity index (χ2v) is 13.9. The van der Waals surface area contributed by atoms with E-state index in [1.54, 1.807) is 19.2 Å². The molecular formula is C26H35N3O6S3. The van der Waals surface area contributed by atoms with Crippen LogP contribution in [0, 0.1) is 0 Å². The van der Waals surface area contributed by atoms with Gasteiger partial charge in [-0.2, -0.15) is 9.30 Å². The number of nitrogens with zero attached hydrogens (tertiary/aromatic N) is 3. The van der Waals surface area contributed by atoms with Crippen LogP contribution in [0.2, 0.25) is 0 Å². The summed E-state index contributed by atoms with van der Waals surface area (Å²) in [5.74, 6) is -0.524. The Balaban J connectivity index is 1.96. The Hall–Kier alpha value is -2.38. The van der Waals surface area contributed by atoms with Crippen molar-refractivity contribution in [3.8, 4) is 0 Å². The number of methoxy groups -OCH3 is 1. The average Bonchev–Trinajstić information content (AvgIpc) is 3.22. The van der Waals surface area contributed by atoms with Crippen LogP contribution in [-0.4, -0.2) is 64.7 Å². The van der Waals surface area contributed by atoms with Gasteiger partial charge in [0.2, 0.25) is 10.0 Å². The highest BCUT2D eigenvalue weighted by atomic mass is 32.2. The van der Waals surface area contributed by atoms with Gasteiger partial charge in [-0.1, -0.05) is 38.0 Å². The van der Waals surface area contributed by atoms with Crippen LogP contribution in [0.3, 0.4) is 0 Å². The molecule has 0 aliphatic carbocycles. The highest BCUT2D eigenvalue weighted by Gasteiger charge is 2.24. The predicted octanol–water partition coefficient (Wildman–Crippen LogP) is 4.08. The van der Waals surface area contributed by atoms with Gasteiger partial charge >= 0.3 is 0 Å². The van der Waals surface area contributed by atoms with E-state index in [-0.39, 0.29) is 15.4 Å². The van der Waals surface area contributed by atoms with E-state index >= 15 is 0 Å². The maximum atomic E-state index is 13.2. The molecule has 0 radical (unpaired) electrons. The molecule has 3 rings (SSSR count). The van der Waals surface area contributed by atoms with Crippen LogP contribution >= 0.6 is 11.3 Å². The summed E-state index contributed by atoms with van der Waals surface area (Å²) in [5, 5.41) is 0. The molecule has 1 amide bonds. The summed E-state index contributed by atoms with van der Waals surface area (Å²) in [6, 6.07) is 10.7. The first kappa shape index (κ1) is 30.2. The summed E-state index contributed by atoms with van der Waals surface area (Å²) in [6.07, 6.45) is 4.49. The zero-order chi connectivity index (χ0) is 27.9. The van der Waals surface area contributed by atoms with Gasteiger partial charge in [0.1, 0.15) is 0 Å². The number of carbonyl (C=O) groups excluding carboxylic acids is 1. The standard InChI is InChI=1S/C26H35N3O6S3/c1-5-7-15-28(16-8-6-2)38(33,34)21-11-9-20(10-12-21)25(30)27-26-29(17-18-35-3)23-14-13-22(37(4,31)32)19-24(23)36-26/h9-14,19H,5-8,15-18H2,1-4H3. The molecule has 12 heteroatoms. The molecule has 0 spiro atoms. The second kappa shape index (κ2) is 13.1. The quantitative estimate of drug-likeness (QED) is 0.300. The minimum absolute atomic E-state index is 0.145. The first-order valence-electron chi connectivity index (χ1n) is 12.5. The molecule has 0 saturated carbocycles. The lowest BCUT2D eigenvalue weighted by molar-refractivity contribution is 0.0997. The SMILES string of the molecule is CCCCN(CCCC)S(=O)(=O)c1ccc(C(=O)N=c2sc3cc(S(C)(=O)=O)ccc3n2CCOC)cc1. The van der Waals surface area contributed by atoms with Crippen LogP contribution in [-0.2, 0) is 31.1 Å². The zero-order valence-electron chi connectivity index (χ0n) is 22.2. The van der Waals surface area contributed by atoms with Gasteiger partial charge in [-0.05, 0) is 55.3 Å². The zero-order valence-corrected chi connectivity index (χ0v) is 24.7. The Labute approximate surface area is 228 Å². The van der Waals surface area contributed by atoms with Crippen LogP contribution in [0.1, 0.15) is 49.9 Å². The normalized spacial score (nSPS) is 13.0. The fraction of sp³-hybridized carbons (Fsp3) is 0.462. The number of aromatic nitrogens is 1. The lowest BCUT2D eigenvalue weighted by atomic mass is 10.2. The number of hydrogen-bond acceptors (Lipinski definition) is 7. The van der Waals surface area contributed by atoms with Crippen molar-refractivity contribution in [2.24, 2.45) is 4.99 Å². The van der Waals surface area contributed by atoms with Gasteiger partial charge in [-0.3, -0.25) is 4.79 Å². The first-order valence-corrected chi connectivity index (χ1v) is 16.7. The van der Waals surface area contributed by atoms with Crippen LogP contribution in [0.4, 0.5) is 0 Å². The van der Waals surface area contributed by atoms with Crippen LogP contribution in [0.5, 0.6) is 0 Å². The van der Waals surface area contributed by atoms with Gasteiger partial charge in [0.15, 0.2) is 14.6 Å². The summed E-state index contributed by atoms with van der Waals surface area (Å²) in [4.78, 5) is 18.1. The molecule has 0 atom stereocenters. The van der Waals surface area contributed by atoms with E-state index in [0.717, 1.165) is 37.5 Å². The van der Waals surface area contributed by atoms with Gasteiger partial charge in [0, 0.05) is 38.6 Å². The van der Waals surface area contributed by atoms with Gasteiger partial charge in [0.25, 0.3) is 5.91 Å². The molecule has 9 nitrogen and oxygen atoms in total. The lowest BCUT2D eigenvalue weighted by Gasteiger charge is -2.22. The Bertz CT molecular complexity index is 1530. The van der Waals surface area contributed by atoms with Gasteiger partial charge in [-0.15, -0.1) is 0 Å². The molecule has 0 aliphatic rings. The number of sulfone groups is 1. The monoisotopic (exact) mass is 581 g/mol. The first-order chi connectivity index (χ1) is 18.0. The van der Waals surface area contributed by atoms with Gasteiger partial charge in [0.05, 0.1) is 26.6 Å². The number of rotatable bonds is 13. The van der Waals surface area contributed by atoms with Crippen LogP contribution in [0.25, 0.3) is 10.2 Å². The van der Waals surface area contributed by atoms with Crippen molar-refractivity contribution in [3.63, 3.8) is 0 Å². The second-order valence-electron chi connectivity index (χ2n) is 8.98. The summed E-state index contributed by atoms with van der Waals surface area (Å²) >= 11 is 1.21. The number of thiazole rings is 1. The van der Waals surface area contributed by atoms with E-state index in [9.17, 15) is 21.6 Å². The molecule has 2 aromatic carbocycles. The fourth-order valence-corrected chi connectivity index (χ4v) is 7.19. The topological polar surface area (TPSA) is 115 Å². The minimum Gasteiger partial charge on any atom is -0.383 e. The van der Waals surface area contributed by atoms with Crippen molar-refractivity contribution in [2.45, 2.75) is 55.9 Å². The van der Waals surface area contributed by atoms with Crippen LogP contribution in [0.15, 0.2) is 57.2 Å². The molecule has 0 fully saturated rings. The largest absolute Gasteiger partial charge is 0.383 e. The number of fused-ring (bicyclic) bond motifs is 1. The highest BCUT2D eigenvalue weighted by Crippen LogP contribution is 2.23. The number of sulfonamides is 1. The van der Waals surface area contributed by atoms with Crippen molar-refractivity contribution >= 4 is 47.3 Å². The third-order valence-corrected chi connectivity index (χ3v) is 10.1. The molecule has 38 heavy (non-hydrogen) atoms. The molecule has 0 saturated heterocycles. The van der Waals surface area contributed by atoms with Crippen molar-refractivity contribution in [1.29, 1.82) is 0 Å².